The Morgan fingerprint density at radius 2 is 2.17 bits per heavy atom. The van der Waals surface area contributed by atoms with Crippen LogP contribution in [-0.2, 0) is 0 Å². The topological polar surface area (TPSA) is 20.2 Å². The van der Waals surface area contributed by atoms with Crippen molar-refractivity contribution in [1.82, 2.24) is 0 Å². The molecule has 0 aliphatic carbocycles. The van der Waals surface area contributed by atoms with Crippen molar-refractivity contribution in [2.75, 3.05) is 0 Å². The summed E-state index contributed by atoms with van der Waals surface area (Å²) in [5.41, 5.74) is 0.898. The van der Waals surface area contributed by atoms with E-state index < -0.39 is 0 Å². The molecule has 1 heteroatoms. The largest absolute Gasteiger partial charge is 0.386 e. The molecule has 1 N–H and O–H groups in total. The van der Waals surface area contributed by atoms with Gasteiger partial charge in [0.05, 0.1) is 0 Å². The number of hydrogen-bond donors (Lipinski definition) is 1. The minimum Gasteiger partial charge on any atom is -0.386 e. The van der Waals surface area contributed by atoms with Crippen LogP contribution in [0.2, 0.25) is 0 Å². The van der Waals surface area contributed by atoms with Gasteiger partial charge in [0.1, 0.15) is 6.61 Å². The summed E-state index contributed by atoms with van der Waals surface area (Å²) in [4.78, 5) is 0. The normalized spacial score (nSPS) is 12.2. The molecular weight excluding hydrogens is 76.1 g/mol. The predicted molar refractivity (Wildman–Crippen MR) is 25.7 cm³/mol. The maximum absolute atomic E-state index is 8.14. The number of rotatable bonds is 1. The van der Waals surface area contributed by atoms with Crippen molar-refractivity contribution >= 4 is 0 Å². The van der Waals surface area contributed by atoms with Gasteiger partial charge in [-0.15, -0.1) is 0 Å². The quantitative estimate of drug-likeness (QED) is 0.511. The summed E-state index contributed by atoms with van der Waals surface area (Å²) >= 11 is 0. The molecule has 0 fully saturated rings. The monoisotopic (exact) mass is 85.1 g/mol. The molecule has 0 saturated heterocycles. The van der Waals surface area contributed by atoms with E-state index in [1.807, 2.05) is 19.9 Å². The molecule has 0 atom stereocenters. The van der Waals surface area contributed by atoms with Crippen LogP contribution >= 0.6 is 0 Å². The van der Waals surface area contributed by atoms with Crippen molar-refractivity contribution in [3.05, 3.63) is 18.3 Å². The molecule has 0 aromatic rings. The minimum atomic E-state index is 0.898. The van der Waals surface area contributed by atoms with Crippen LogP contribution in [-0.4, -0.2) is 5.11 Å². The van der Waals surface area contributed by atoms with Crippen LogP contribution in [0, 0.1) is 6.61 Å². The highest BCUT2D eigenvalue weighted by Crippen LogP contribution is 1.90. The number of hydrogen-bond acceptors (Lipinski definition) is 1. The molecule has 1 nitrogen and oxygen atoms in total. The molecule has 0 unspecified atom stereocenters. The summed E-state index contributed by atoms with van der Waals surface area (Å²) < 4.78 is 0. The summed E-state index contributed by atoms with van der Waals surface area (Å²) in [5.74, 6) is 0. The maximum atomic E-state index is 8.14. The zero-order chi connectivity index (χ0) is 4.99. The lowest BCUT2D eigenvalue weighted by atomic mass is 10.3. The Hall–Kier alpha value is -0.300. The molecule has 0 aliphatic rings. The smallest absolute Gasteiger partial charge is 0.104 e. The van der Waals surface area contributed by atoms with Crippen molar-refractivity contribution in [1.29, 1.82) is 0 Å². The molecule has 0 aromatic heterocycles. The van der Waals surface area contributed by atoms with E-state index in [9.17, 15) is 0 Å². The van der Waals surface area contributed by atoms with Gasteiger partial charge in [0, 0.05) is 0 Å². The van der Waals surface area contributed by atoms with Gasteiger partial charge in [0.25, 0.3) is 0 Å². The number of aliphatic hydroxyl groups excluding tert-OH is 1. The van der Waals surface area contributed by atoms with Gasteiger partial charge in [-0.25, -0.2) is 0 Å². The van der Waals surface area contributed by atoms with E-state index in [0.29, 0.717) is 0 Å². The van der Waals surface area contributed by atoms with Gasteiger partial charge < -0.3 is 5.11 Å². The molecule has 0 heterocycles. The molecule has 0 aromatic carbocycles. The van der Waals surface area contributed by atoms with Crippen molar-refractivity contribution in [3.63, 3.8) is 0 Å². The zero-order valence-electron chi connectivity index (χ0n) is 4.10. The van der Waals surface area contributed by atoms with Gasteiger partial charge in [0.2, 0.25) is 0 Å². The van der Waals surface area contributed by atoms with E-state index in [0.717, 1.165) is 12.2 Å². The van der Waals surface area contributed by atoms with Crippen LogP contribution < -0.4 is 0 Å². The van der Waals surface area contributed by atoms with Crippen LogP contribution in [0.3, 0.4) is 0 Å². The highest BCUT2D eigenvalue weighted by molar-refractivity contribution is 5.02. The first-order valence-electron chi connectivity index (χ1n) is 1.91. The molecule has 0 aliphatic heterocycles. The summed E-state index contributed by atoms with van der Waals surface area (Å²) in [6.07, 6.45) is 1.83. The molecule has 0 amide bonds. The second kappa shape index (κ2) is 2.91. The lowest BCUT2D eigenvalue weighted by Gasteiger charge is -1.83. The zero-order valence-corrected chi connectivity index (χ0v) is 4.10. The van der Waals surface area contributed by atoms with Crippen LogP contribution in [0.25, 0.3) is 0 Å². The van der Waals surface area contributed by atoms with Crippen molar-refractivity contribution < 1.29 is 5.11 Å². The van der Waals surface area contributed by atoms with E-state index in [1.165, 1.54) is 0 Å². The fraction of sp³-hybridized carbons (Fsp3) is 0.400. The van der Waals surface area contributed by atoms with Crippen LogP contribution in [0.1, 0.15) is 13.8 Å². The molecule has 35 valence electrons. The summed E-state index contributed by atoms with van der Waals surface area (Å²) in [6.45, 7) is 4.79. The first kappa shape index (κ1) is 5.70. The van der Waals surface area contributed by atoms with E-state index >= 15 is 0 Å². The third-order valence-corrected chi connectivity index (χ3v) is 0.659. The van der Waals surface area contributed by atoms with Gasteiger partial charge in [-0.2, -0.15) is 0 Å². The SMILES string of the molecule is C/C=C(\C)[CH]O. The Labute approximate surface area is 38.3 Å². The molecule has 0 rings (SSSR count). The standard InChI is InChI=1S/C5H9O/c1-3-5(2)4-6/h3-4,6H,1-2H3/b5-3+. The highest BCUT2D eigenvalue weighted by Gasteiger charge is 1.75. The van der Waals surface area contributed by atoms with Gasteiger partial charge in [0.15, 0.2) is 0 Å². The fourth-order valence-electron chi connectivity index (χ4n) is 0.0745. The summed E-state index contributed by atoms with van der Waals surface area (Å²) in [7, 11) is 0. The van der Waals surface area contributed by atoms with Crippen molar-refractivity contribution in [3.8, 4) is 0 Å². The number of aliphatic hydroxyl groups is 1. The lowest BCUT2D eigenvalue weighted by Crippen LogP contribution is -1.70. The minimum absolute atomic E-state index is 0.898. The molecule has 0 spiro atoms. The number of allylic oxidation sites excluding steroid dienone is 1. The molecule has 0 bridgehead atoms. The van der Waals surface area contributed by atoms with E-state index in [1.54, 1.807) is 0 Å². The molecule has 0 saturated carbocycles. The second-order valence-corrected chi connectivity index (χ2v) is 1.16. The van der Waals surface area contributed by atoms with Gasteiger partial charge >= 0.3 is 0 Å². The van der Waals surface area contributed by atoms with E-state index in [4.69, 9.17) is 5.11 Å². The third kappa shape index (κ3) is 1.97. The molecular formula is C5H9O. The van der Waals surface area contributed by atoms with Gasteiger partial charge in [-0.05, 0) is 19.4 Å². The van der Waals surface area contributed by atoms with Crippen molar-refractivity contribution in [2.45, 2.75) is 13.8 Å². The first-order chi connectivity index (χ1) is 2.81. The lowest BCUT2D eigenvalue weighted by molar-refractivity contribution is 0.411. The average molecular weight is 85.1 g/mol. The molecule has 6 heavy (non-hydrogen) atoms. The maximum Gasteiger partial charge on any atom is 0.104 e. The van der Waals surface area contributed by atoms with E-state index in [-0.39, 0.29) is 0 Å². The Morgan fingerprint density at radius 3 is 2.17 bits per heavy atom. The average Bonchev–Trinajstić information content (AvgIpc) is 1.65. The fourth-order valence-corrected chi connectivity index (χ4v) is 0.0745. The van der Waals surface area contributed by atoms with Crippen molar-refractivity contribution in [2.24, 2.45) is 0 Å². The van der Waals surface area contributed by atoms with Crippen LogP contribution in [0.4, 0.5) is 0 Å². The predicted octanol–water partition coefficient (Wildman–Crippen LogP) is 1.49. The van der Waals surface area contributed by atoms with Gasteiger partial charge in [-0.1, -0.05) is 6.08 Å². The van der Waals surface area contributed by atoms with E-state index in [2.05, 4.69) is 0 Å². The second-order valence-electron chi connectivity index (χ2n) is 1.16. The van der Waals surface area contributed by atoms with Crippen LogP contribution in [0.15, 0.2) is 11.6 Å². The Morgan fingerprint density at radius 1 is 1.67 bits per heavy atom. The molecule has 1 radical (unpaired) electrons. The summed E-state index contributed by atoms with van der Waals surface area (Å²) in [6, 6.07) is 0. The highest BCUT2D eigenvalue weighted by atomic mass is 16.3. The Balaban J connectivity index is 3.22. The Bertz CT molecular complexity index is 55.0. The third-order valence-electron chi connectivity index (χ3n) is 0.659. The summed E-state index contributed by atoms with van der Waals surface area (Å²) in [5, 5.41) is 8.14. The van der Waals surface area contributed by atoms with Gasteiger partial charge in [-0.3, -0.25) is 0 Å². The van der Waals surface area contributed by atoms with Crippen LogP contribution in [0.5, 0.6) is 0 Å². The first-order valence-corrected chi connectivity index (χ1v) is 1.91. The Kier molecular flexibility index (Phi) is 2.77.